The van der Waals surface area contributed by atoms with E-state index in [1.54, 1.807) is 6.21 Å². The van der Waals surface area contributed by atoms with E-state index < -0.39 is 0 Å². The average molecular weight is 367 g/mol. The van der Waals surface area contributed by atoms with E-state index in [1.807, 2.05) is 79.1 Å². The standard InChI is InChI=1S/C19H21N5OS/c1-23(2)15-10-8-14(9-11-15)12-20-22-18(25)13-26-19-21-16-6-4-5-7-17(16)24(19)3/h4-12H,13H2,1-3H3,(H,22,25). The Bertz CT molecular complexity index is 931. The number of nitrogens with zero attached hydrogens (tertiary/aromatic N) is 4. The number of anilines is 1. The van der Waals surface area contributed by atoms with E-state index >= 15 is 0 Å². The molecule has 3 aromatic rings. The van der Waals surface area contributed by atoms with Gasteiger partial charge in [-0.05, 0) is 29.8 Å². The van der Waals surface area contributed by atoms with Gasteiger partial charge in [0.05, 0.1) is 23.0 Å². The molecule has 0 spiro atoms. The number of aromatic nitrogens is 2. The number of para-hydroxylation sites is 2. The molecule has 0 saturated carbocycles. The number of carbonyl (C=O) groups excluding carboxylic acids is 1. The third kappa shape index (κ3) is 4.23. The summed E-state index contributed by atoms with van der Waals surface area (Å²) >= 11 is 1.39. The van der Waals surface area contributed by atoms with Gasteiger partial charge in [-0.25, -0.2) is 10.4 Å². The fourth-order valence-corrected chi connectivity index (χ4v) is 3.23. The first-order valence-corrected chi connectivity index (χ1v) is 9.16. The number of hydrogen-bond acceptors (Lipinski definition) is 5. The Labute approximate surface area is 156 Å². The highest BCUT2D eigenvalue weighted by atomic mass is 32.2. The molecule has 2 aromatic carbocycles. The lowest BCUT2D eigenvalue weighted by Gasteiger charge is -2.11. The molecule has 0 aliphatic carbocycles. The van der Waals surface area contributed by atoms with E-state index in [-0.39, 0.29) is 11.7 Å². The van der Waals surface area contributed by atoms with Crippen molar-refractivity contribution in [2.24, 2.45) is 12.1 Å². The van der Waals surface area contributed by atoms with Gasteiger partial charge in [0.25, 0.3) is 5.91 Å². The van der Waals surface area contributed by atoms with Crippen molar-refractivity contribution < 1.29 is 4.79 Å². The molecule has 6 nitrogen and oxygen atoms in total. The van der Waals surface area contributed by atoms with Crippen molar-refractivity contribution in [2.45, 2.75) is 5.16 Å². The highest BCUT2D eigenvalue weighted by Gasteiger charge is 2.09. The van der Waals surface area contributed by atoms with Crippen LogP contribution < -0.4 is 10.3 Å². The molecule has 0 saturated heterocycles. The molecule has 1 aromatic heterocycles. The molecule has 0 bridgehead atoms. The van der Waals surface area contributed by atoms with Gasteiger partial charge in [-0.3, -0.25) is 4.79 Å². The molecule has 0 aliphatic rings. The van der Waals surface area contributed by atoms with Crippen molar-refractivity contribution in [2.75, 3.05) is 24.7 Å². The maximum Gasteiger partial charge on any atom is 0.250 e. The molecule has 1 amide bonds. The zero-order valence-electron chi connectivity index (χ0n) is 15.0. The SMILES string of the molecule is CN(C)c1ccc(C=NNC(=O)CSc2nc3ccccc3n2C)cc1. The van der Waals surface area contributed by atoms with Gasteiger partial charge in [0.2, 0.25) is 0 Å². The monoisotopic (exact) mass is 367 g/mol. The molecule has 134 valence electrons. The zero-order valence-corrected chi connectivity index (χ0v) is 15.8. The first-order chi connectivity index (χ1) is 12.5. The van der Waals surface area contributed by atoms with E-state index in [0.29, 0.717) is 0 Å². The summed E-state index contributed by atoms with van der Waals surface area (Å²) in [6.45, 7) is 0. The first kappa shape index (κ1) is 18.0. The largest absolute Gasteiger partial charge is 0.378 e. The van der Waals surface area contributed by atoms with Crippen LogP contribution in [0.5, 0.6) is 0 Å². The summed E-state index contributed by atoms with van der Waals surface area (Å²) in [5, 5.41) is 4.82. The fraction of sp³-hybridized carbons (Fsp3) is 0.211. The Morgan fingerprint density at radius 2 is 1.96 bits per heavy atom. The van der Waals surface area contributed by atoms with Crippen molar-refractivity contribution in [3.8, 4) is 0 Å². The molecule has 0 radical (unpaired) electrons. The summed E-state index contributed by atoms with van der Waals surface area (Å²) in [5.41, 5.74) is 6.58. The van der Waals surface area contributed by atoms with Crippen molar-refractivity contribution >= 4 is 40.6 Å². The van der Waals surface area contributed by atoms with E-state index in [9.17, 15) is 4.79 Å². The third-order valence-electron chi connectivity index (χ3n) is 3.89. The zero-order chi connectivity index (χ0) is 18.5. The minimum atomic E-state index is -0.164. The van der Waals surface area contributed by atoms with Crippen LogP contribution in [0.1, 0.15) is 5.56 Å². The van der Waals surface area contributed by atoms with Crippen molar-refractivity contribution in [3.63, 3.8) is 0 Å². The molecule has 1 heterocycles. The molecule has 26 heavy (non-hydrogen) atoms. The Hall–Kier alpha value is -2.80. The van der Waals surface area contributed by atoms with Crippen molar-refractivity contribution in [1.82, 2.24) is 15.0 Å². The number of imidazole rings is 1. The van der Waals surface area contributed by atoms with Crippen LogP contribution in [0.3, 0.4) is 0 Å². The number of rotatable bonds is 6. The fourth-order valence-electron chi connectivity index (χ4n) is 2.45. The number of thioether (sulfide) groups is 1. The number of hydrazone groups is 1. The van der Waals surface area contributed by atoms with Crippen LogP contribution in [0.15, 0.2) is 58.8 Å². The number of amides is 1. The average Bonchev–Trinajstić information content (AvgIpc) is 2.97. The number of fused-ring (bicyclic) bond motifs is 1. The Balaban J connectivity index is 1.53. The second-order valence-corrected chi connectivity index (χ2v) is 6.95. The minimum absolute atomic E-state index is 0.164. The lowest BCUT2D eigenvalue weighted by molar-refractivity contribution is -0.118. The quantitative estimate of drug-likeness (QED) is 0.413. The van der Waals surface area contributed by atoms with E-state index in [1.165, 1.54) is 11.8 Å². The number of hydrogen-bond donors (Lipinski definition) is 1. The van der Waals surface area contributed by atoms with Crippen LogP contribution in [0.25, 0.3) is 11.0 Å². The lowest BCUT2D eigenvalue weighted by Crippen LogP contribution is -2.19. The van der Waals surface area contributed by atoms with Gasteiger partial charge in [-0.1, -0.05) is 36.0 Å². The maximum absolute atomic E-state index is 12.0. The lowest BCUT2D eigenvalue weighted by atomic mass is 10.2. The molecule has 1 N–H and O–H groups in total. The van der Waals surface area contributed by atoms with Gasteiger partial charge in [0.15, 0.2) is 5.16 Å². The third-order valence-corrected chi connectivity index (χ3v) is 4.92. The highest BCUT2D eigenvalue weighted by Crippen LogP contribution is 2.22. The molecule has 0 unspecified atom stereocenters. The van der Waals surface area contributed by atoms with Gasteiger partial charge in [0, 0.05) is 26.8 Å². The normalized spacial score (nSPS) is 11.2. The van der Waals surface area contributed by atoms with Crippen LogP contribution in [-0.4, -0.2) is 41.5 Å². The second kappa shape index (κ2) is 8.05. The van der Waals surface area contributed by atoms with Crippen LogP contribution >= 0.6 is 11.8 Å². The maximum atomic E-state index is 12.0. The van der Waals surface area contributed by atoms with Crippen LogP contribution in [0.2, 0.25) is 0 Å². The minimum Gasteiger partial charge on any atom is -0.378 e. The van der Waals surface area contributed by atoms with Crippen molar-refractivity contribution in [3.05, 3.63) is 54.1 Å². The van der Waals surface area contributed by atoms with Gasteiger partial charge in [-0.2, -0.15) is 5.10 Å². The Morgan fingerprint density at radius 3 is 2.65 bits per heavy atom. The van der Waals surface area contributed by atoms with Gasteiger partial charge >= 0.3 is 0 Å². The predicted molar refractivity (Wildman–Crippen MR) is 108 cm³/mol. The van der Waals surface area contributed by atoms with Crippen molar-refractivity contribution in [1.29, 1.82) is 0 Å². The van der Waals surface area contributed by atoms with E-state index in [0.717, 1.165) is 27.4 Å². The Morgan fingerprint density at radius 1 is 1.23 bits per heavy atom. The smallest absolute Gasteiger partial charge is 0.250 e. The van der Waals surface area contributed by atoms with Gasteiger partial charge in [0.1, 0.15) is 0 Å². The summed E-state index contributed by atoms with van der Waals surface area (Å²) in [6.07, 6.45) is 1.64. The summed E-state index contributed by atoms with van der Waals surface area (Å²) < 4.78 is 1.99. The molecule has 0 fully saturated rings. The molecule has 0 aliphatic heterocycles. The predicted octanol–water partition coefficient (Wildman–Crippen LogP) is 2.88. The number of benzene rings is 2. The van der Waals surface area contributed by atoms with E-state index in [2.05, 4.69) is 15.5 Å². The summed E-state index contributed by atoms with van der Waals surface area (Å²) in [4.78, 5) is 18.6. The molecule has 0 atom stereocenters. The highest BCUT2D eigenvalue weighted by molar-refractivity contribution is 7.99. The summed E-state index contributed by atoms with van der Waals surface area (Å²) in [5.74, 6) is 0.0943. The number of aryl methyl sites for hydroxylation is 1. The molecular formula is C19H21N5OS. The summed E-state index contributed by atoms with van der Waals surface area (Å²) in [7, 11) is 5.93. The first-order valence-electron chi connectivity index (χ1n) is 8.18. The van der Waals surface area contributed by atoms with Crippen LogP contribution in [0.4, 0.5) is 5.69 Å². The van der Waals surface area contributed by atoms with E-state index in [4.69, 9.17) is 0 Å². The van der Waals surface area contributed by atoms with Gasteiger partial charge in [-0.15, -0.1) is 0 Å². The number of carbonyl (C=O) groups is 1. The van der Waals surface area contributed by atoms with Gasteiger partial charge < -0.3 is 9.47 Å². The van der Waals surface area contributed by atoms with Crippen LogP contribution in [0, 0.1) is 0 Å². The summed E-state index contributed by atoms with van der Waals surface area (Å²) in [6, 6.07) is 15.8. The molecular weight excluding hydrogens is 346 g/mol. The number of nitrogens with one attached hydrogen (secondary N) is 1. The second-order valence-electron chi connectivity index (χ2n) is 6.01. The Kier molecular flexibility index (Phi) is 5.58. The molecule has 7 heteroatoms. The van der Waals surface area contributed by atoms with Crippen LogP contribution in [-0.2, 0) is 11.8 Å². The topological polar surface area (TPSA) is 62.5 Å². The molecule has 3 rings (SSSR count).